The average molecular weight is 247 g/mol. The van der Waals surface area contributed by atoms with Crippen molar-refractivity contribution >= 4 is 11.6 Å². The maximum absolute atomic E-state index is 11.9. The first-order valence-corrected chi connectivity index (χ1v) is 6.40. The summed E-state index contributed by atoms with van der Waals surface area (Å²) in [6.45, 7) is 5.71. The van der Waals surface area contributed by atoms with Crippen LogP contribution in [0.2, 0.25) is 0 Å². The number of aryl methyl sites for hydroxylation is 1. The number of carbonyl (C=O) groups excluding carboxylic acids is 1. The summed E-state index contributed by atoms with van der Waals surface area (Å²) >= 11 is 0. The van der Waals surface area contributed by atoms with Crippen LogP contribution in [0, 0.1) is 12.8 Å². The Morgan fingerprint density at radius 2 is 2.33 bits per heavy atom. The molecule has 98 valence electrons. The predicted molar refractivity (Wildman–Crippen MR) is 73.4 cm³/mol. The molecule has 0 radical (unpaired) electrons. The lowest BCUT2D eigenvalue weighted by Crippen LogP contribution is -2.61. The zero-order valence-corrected chi connectivity index (χ0v) is 11.0. The molecule has 1 heterocycles. The van der Waals surface area contributed by atoms with Gasteiger partial charge in [-0.25, -0.2) is 0 Å². The summed E-state index contributed by atoms with van der Waals surface area (Å²) in [5.41, 5.74) is 7.14. The number of amides is 1. The van der Waals surface area contributed by atoms with Gasteiger partial charge in [-0.1, -0.05) is 19.1 Å². The minimum Gasteiger partial charge on any atom is -0.371 e. The number of anilines is 1. The van der Waals surface area contributed by atoms with Gasteiger partial charge in [0.05, 0.1) is 0 Å². The fourth-order valence-corrected chi connectivity index (χ4v) is 2.62. The van der Waals surface area contributed by atoms with E-state index in [1.807, 2.05) is 31.2 Å². The molecule has 2 unspecified atom stereocenters. The fraction of sp³-hybridized carbons (Fsp3) is 0.500. The monoisotopic (exact) mass is 247 g/mol. The van der Waals surface area contributed by atoms with Crippen LogP contribution in [0.3, 0.4) is 0 Å². The van der Waals surface area contributed by atoms with Gasteiger partial charge in [-0.3, -0.25) is 4.79 Å². The average Bonchev–Trinajstić information content (AvgIpc) is 2.32. The maximum atomic E-state index is 11.9. The molecular weight excluding hydrogens is 226 g/mol. The molecule has 2 rings (SSSR count). The zero-order valence-electron chi connectivity index (χ0n) is 11.0. The lowest BCUT2D eigenvalue weighted by molar-refractivity contribution is -0.124. The van der Waals surface area contributed by atoms with E-state index in [1.54, 1.807) is 0 Å². The second-order valence-electron chi connectivity index (χ2n) is 5.19. The van der Waals surface area contributed by atoms with Crippen LogP contribution in [0.25, 0.3) is 0 Å². The van der Waals surface area contributed by atoms with E-state index in [2.05, 4.69) is 17.6 Å². The topological polar surface area (TPSA) is 67.1 Å². The number of piperidine rings is 1. The van der Waals surface area contributed by atoms with E-state index in [4.69, 9.17) is 5.73 Å². The normalized spacial score (nSPS) is 27.8. The van der Waals surface area contributed by atoms with Crippen LogP contribution in [0.1, 0.15) is 18.9 Å². The molecule has 4 heteroatoms. The lowest BCUT2D eigenvalue weighted by atomic mass is 9.78. The number of rotatable bonds is 3. The summed E-state index contributed by atoms with van der Waals surface area (Å²) in [6, 6.07) is 8.04. The van der Waals surface area contributed by atoms with Gasteiger partial charge in [-0.2, -0.15) is 0 Å². The highest BCUT2D eigenvalue weighted by atomic mass is 16.1. The Hall–Kier alpha value is -1.55. The number of nitrogens with one attached hydrogen (secondary N) is 2. The van der Waals surface area contributed by atoms with E-state index < -0.39 is 5.54 Å². The second kappa shape index (κ2) is 4.98. The molecule has 1 aliphatic rings. The second-order valence-corrected chi connectivity index (χ2v) is 5.19. The van der Waals surface area contributed by atoms with Crippen molar-refractivity contribution in [2.45, 2.75) is 25.8 Å². The smallest absolute Gasteiger partial charge is 0.243 e. The van der Waals surface area contributed by atoms with E-state index >= 15 is 0 Å². The third kappa shape index (κ3) is 2.34. The molecule has 18 heavy (non-hydrogen) atoms. The van der Waals surface area contributed by atoms with Crippen molar-refractivity contribution in [2.75, 3.05) is 18.4 Å². The SMILES string of the molecule is Cc1cccc(NC2(C(N)=O)CCNCC2C)c1. The molecule has 0 spiro atoms. The van der Waals surface area contributed by atoms with Crippen molar-refractivity contribution in [3.8, 4) is 0 Å². The molecule has 4 N–H and O–H groups in total. The van der Waals surface area contributed by atoms with E-state index in [-0.39, 0.29) is 11.8 Å². The van der Waals surface area contributed by atoms with Gasteiger partial charge in [0.15, 0.2) is 0 Å². The third-order valence-corrected chi connectivity index (χ3v) is 3.81. The molecule has 2 atom stereocenters. The molecule has 1 aromatic carbocycles. The van der Waals surface area contributed by atoms with Crippen LogP contribution < -0.4 is 16.4 Å². The van der Waals surface area contributed by atoms with Gasteiger partial charge >= 0.3 is 0 Å². The molecular formula is C14H21N3O. The molecule has 1 saturated heterocycles. The van der Waals surface area contributed by atoms with Crippen LogP contribution in [0.5, 0.6) is 0 Å². The Labute approximate surface area is 108 Å². The number of carbonyl (C=O) groups is 1. The zero-order chi connectivity index (χ0) is 13.2. The first-order valence-electron chi connectivity index (χ1n) is 6.40. The van der Waals surface area contributed by atoms with Crippen LogP contribution in [0.4, 0.5) is 5.69 Å². The minimum absolute atomic E-state index is 0.171. The molecule has 0 aromatic heterocycles. The molecule has 0 aliphatic carbocycles. The third-order valence-electron chi connectivity index (χ3n) is 3.81. The quantitative estimate of drug-likeness (QED) is 0.753. The van der Waals surface area contributed by atoms with Gasteiger partial charge < -0.3 is 16.4 Å². The summed E-state index contributed by atoms with van der Waals surface area (Å²) < 4.78 is 0. The van der Waals surface area contributed by atoms with E-state index in [9.17, 15) is 4.79 Å². The largest absolute Gasteiger partial charge is 0.371 e. The van der Waals surface area contributed by atoms with Crippen molar-refractivity contribution in [1.82, 2.24) is 5.32 Å². The summed E-state index contributed by atoms with van der Waals surface area (Å²) in [6.07, 6.45) is 0.720. The van der Waals surface area contributed by atoms with E-state index in [0.717, 1.165) is 25.2 Å². The predicted octanol–water partition coefficient (Wildman–Crippen LogP) is 1.26. The van der Waals surface area contributed by atoms with Crippen molar-refractivity contribution in [2.24, 2.45) is 11.7 Å². The summed E-state index contributed by atoms with van der Waals surface area (Å²) in [7, 11) is 0. The molecule has 4 nitrogen and oxygen atoms in total. The highest BCUT2D eigenvalue weighted by Crippen LogP contribution is 2.29. The molecule has 1 fully saturated rings. The molecule has 1 aromatic rings. The van der Waals surface area contributed by atoms with Gasteiger partial charge in [-0.05, 0) is 37.6 Å². The lowest BCUT2D eigenvalue weighted by Gasteiger charge is -2.41. The fourth-order valence-electron chi connectivity index (χ4n) is 2.62. The highest BCUT2D eigenvalue weighted by Gasteiger charge is 2.43. The van der Waals surface area contributed by atoms with Gasteiger partial charge in [0, 0.05) is 18.2 Å². The van der Waals surface area contributed by atoms with Crippen molar-refractivity contribution in [3.63, 3.8) is 0 Å². The van der Waals surface area contributed by atoms with Crippen molar-refractivity contribution in [3.05, 3.63) is 29.8 Å². The van der Waals surface area contributed by atoms with Crippen LogP contribution in [0.15, 0.2) is 24.3 Å². The maximum Gasteiger partial charge on any atom is 0.243 e. The van der Waals surface area contributed by atoms with Gasteiger partial charge in [0.25, 0.3) is 0 Å². The number of hydrogen-bond donors (Lipinski definition) is 3. The van der Waals surface area contributed by atoms with Gasteiger partial charge in [0.1, 0.15) is 5.54 Å². The molecule has 1 aliphatic heterocycles. The number of hydrogen-bond acceptors (Lipinski definition) is 3. The van der Waals surface area contributed by atoms with Gasteiger partial charge in [0.2, 0.25) is 5.91 Å². The summed E-state index contributed by atoms with van der Waals surface area (Å²) in [5, 5.41) is 6.66. The van der Waals surface area contributed by atoms with Crippen molar-refractivity contribution in [1.29, 1.82) is 0 Å². The minimum atomic E-state index is -0.640. The Balaban J connectivity index is 2.28. The summed E-state index contributed by atoms with van der Waals surface area (Å²) in [5.74, 6) is -0.0951. The molecule has 1 amide bonds. The Bertz CT molecular complexity index is 446. The Morgan fingerprint density at radius 3 is 2.94 bits per heavy atom. The first kappa shape index (κ1) is 12.9. The van der Waals surface area contributed by atoms with E-state index in [0.29, 0.717) is 0 Å². The molecule has 0 bridgehead atoms. The van der Waals surface area contributed by atoms with Crippen molar-refractivity contribution < 1.29 is 4.79 Å². The number of benzene rings is 1. The highest BCUT2D eigenvalue weighted by molar-refractivity contribution is 5.88. The van der Waals surface area contributed by atoms with Gasteiger partial charge in [-0.15, -0.1) is 0 Å². The Kier molecular flexibility index (Phi) is 3.57. The van der Waals surface area contributed by atoms with Crippen LogP contribution >= 0.6 is 0 Å². The van der Waals surface area contributed by atoms with Crippen LogP contribution in [-0.4, -0.2) is 24.5 Å². The Morgan fingerprint density at radius 1 is 1.56 bits per heavy atom. The number of primary amides is 1. The first-order chi connectivity index (χ1) is 8.54. The summed E-state index contributed by atoms with van der Waals surface area (Å²) in [4.78, 5) is 11.9. The van der Waals surface area contributed by atoms with Crippen LogP contribution in [-0.2, 0) is 4.79 Å². The standard InChI is InChI=1S/C14H21N3O/c1-10-4-3-5-12(8-10)17-14(13(15)18)6-7-16-9-11(14)2/h3-5,8,11,16-17H,6-7,9H2,1-2H3,(H2,15,18). The molecule has 0 saturated carbocycles. The van der Waals surface area contributed by atoms with E-state index in [1.165, 1.54) is 5.56 Å². The number of nitrogens with two attached hydrogens (primary N) is 1.